The highest BCUT2D eigenvalue weighted by Gasteiger charge is 2.02. The first-order valence-corrected chi connectivity index (χ1v) is 7.00. The van der Waals surface area contributed by atoms with E-state index < -0.39 is 0 Å². The van der Waals surface area contributed by atoms with E-state index in [2.05, 4.69) is 40.9 Å². The second-order valence-corrected chi connectivity index (χ2v) is 5.25. The molecular weight excluding hydrogens is 250 g/mol. The third kappa shape index (κ3) is 2.47. The molecular formula is C17H13NS. The monoisotopic (exact) mass is 263 g/mol. The van der Waals surface area contributed by atoms with E-state index in [9.17, 15) is 0 Å². The molecule has 3 aromatic rings. The molecule has 2 heteroatoms. The Balaban J connectivity index is 1.81. The fraction of sp³-hybridized carbons (Fsp3) is 0.0588. The lowest BCUT2D eigenvalue weighted by atomic mass is 10.1. The molecule has 0 aliphatic carbocycles. The van der Waals surface area contributed by atoms with Crippen molar-refractivity contribution < 1.29 is 0 Å². The van der Waals surface area contributed by atoms with Gasteiger partial charge in [0.2, 0.25) is 0 Å². The summed E-state index contributed by atoms with van der Waals surface area (Å²) >= 11 is 1.78. The molecule has 0 saturated carbocycles. The summed E-state index contributed by atoms with van der Waals surface area (Å²) in [5.74, 6) is 2.65. The number of benzene rings is 2. The van der Waals surface area contributed by atoms with Crippen molar-refractivity contribution in [2.45, 2.75) is 6.54 Å². The zero-order chi connectivity index (χ0) is 13.1. The summed E-state index contributed by atoms with van der Waals surface area (Å²) in [6.07, 6.45) is 5.41. The van der Waals surface area contributed by atoms with Gasteiger partial charge in [-0.05, 0) is 40.6 Å². The molecule has 0 aliphatic rings. The van der Waals surface area contributed by atoms with E-state index in [1.54, 1.807) is 11.3 Å². The highest BCUT2D eigenvalue weighted by atomic mass is 32.1. The highest BCUT2D eigenvalue weighted by molar-refractivity contribution is 7.17. The second kappa shape index (κ2) is 5.17. The van der Waals surface area contributed by atoms with Gasteiger partial charge >= 0.3 is 0 Å². The van der Waals surface area contributed by atoms with Crippen molar-refractivity contribution in [1.82, 2.24) is 0 Å². The minimum Gasteiger partial charge on any atom is -0.381 e. The van der Waals surface area contributed by atoms with Crippen LogP contribution in [-0.4, -0.2) is 0 Å². The van der Waals surface area contributed by atoms with Crippen LogP contribution in [0.4, 0.5) is 5.69 Å². The topological polar surface area (TPSA) is 12.0 Å². The maximum Gasteiger partial charge on any atom is 0.0415 e. The van der Waals surface area contributed by atoms with Gasteiger partial charge in [-0.25, -0.2) is 0 Å². The van der Waals surface area contributed by atoms with Crippen molar-refractivity contribution in [2.75, 3.05) is 5.32 Å². The predicted octanol–water partition coefficient (Wildman–Crippen LogP) is 4.49. The van der Waals surface area contributed by atoms with Crippen LogP contribution in [0.3, 0.4) is 0 Å². The van der Waals surface area contributed by atoms with Crippen molar-refractivity contribution in [1.29, 1.82) is 0 Å². The third-order valence-corrected chi connectivity index (χ3v) is 4.09. The molecule has 0 spiro atoms. The van der Waals surface area contributed by atoms with E-state index in [-0.39, 0.29) is 0 Å². The predicted molar refractivity (Wildman–Crippen MR) is 83.5 cm³/mol. The minimum atomic E-state index is 0.817. The molecule has 3 rings (SSSR count). The Bertz CT molecular complexity index is 749. The fourth-order valence-electron chi connectivity index (χ4n) is 2.09. The van der Waals surface area contributed by atoms with Gasteiger partial charge in [0.05, 0.1) is 0 Å². The lowest BCUT2D eigenvalue weighted by Gasteiger charge is -2.06. The Morgan fingerprint density at radius 3 is 2.89 bits per heavy atom. The van der Waals surface area contributed by atoms with Gasteiger partial charge in [-0.2, -0.15) is 0 Å². The van der Waals surface area contributed by atoms with E-state index in [0.717, 1.165) is 17.8 Å². The SMILES string of the molecule is C#Cc1cccc(NCc2csc3ccccc23)c1. The molecule has 92 valence electrons. The lowest BCUT2D eigenvalue weighted by molar-refractivity contribution is 1.18. The van der Waals surface area contributed by atoms with E-state index in [1.165, 1.54) is 15.6 Å². The zero-order valence-electron chi connectivity index (χ0n) is 10.4. The summed E-state index contributed by atoms with van der Waals surface area (Å²) in [5, 5.41) is 6.96. The van der Waals surface area contributed by atoms with Crippen molar-refractivity contribution in [3.05, 3.63) is 65.0 Å². The first kappa shape index (κ1) is 11.8. The van der Waals surface area contributed by atoms with Gasteiger partial charge in [0.25, 0.3) is 0 Å². The quantitative estimate of drug-likeness (QED) is 0.686. The number of fused-ring (bicyclic) bond motifs is 1. The van der Waals surface area contributed by atoms with E-state index in [0.29, 0.717) is 0 Å². The number of thiophene rings is 1. The molecule has 0 fully saturated rings. The summed E-state index contributed by atoms with van der Waals surface area (Å²) in [7, 11) is 0. The Kier molecular flexibility index (Phi) is 3.22. The minimum absolute atomic E-state index is 0.817. The number of hydrogen-bond donors (Lipinski definition) is 1. The Hall–Kier alpha value is -2.24. The zero-order valence-corrected chi connectivity index (χ0v) is 11.2. The molecule has 1 aromatic heterocycles. The summed E-state index contributed by atoms with van der Waals surface area (Å²) in [4.78, 5) is 0. The molecule has 2 aromatic carbocycles. The summed E-state index contributed by atoms with van der Waals surface area (Å²) in [5.41, 5.74) is 3.29. The van der Waals surface area contributed by atoms with E-state index >= 15 is 0 Å². The summed E-state index contributed by atoms with van der Waals surface area (Å²) in [6.45, 7) is 0.817. The van der Waals surface area contributed by atoms with Gasteiger partial charge in [0, 0.05) is 22.5 Å². The van der Waals surface area contributed by atoms with Crippen LogP contribution >= 0.6 is 11.3 Å². The number of rotatable bonds is 3. The molecule has 0 atom stereocenters. The van der Waals surface area contributed by atoms with Crippen molar-refractivity contribution in [3.63, 3.8) is 0 Å². The average molecular weight is 263 g/mol. The molecule has 1 heterocycles. The van der Waals surface area contributed by atoms with Crippen molar-refractivity contribution >= 4 is 27.1 Å². The van der Waals surface area contributed by atoms with Crippen LogP contribution < -0.4 is 5.32 Å². The van der Waals surface area contributed by atoms with Crippen molar-refractivity contribution in [3.8, 4) is 12.3 Å². The van der Waals surface area contributed by atoms with Crippen molar-refractivity contribution in [2.24, 2.45) is 0 Å². The number of anilines is 1. The second-order valence-electron chi connectivity index (χ2n) is 4.34. The van der Waals surface area contributed by atoms with Crippen LogP contribution in [0.5, 0.6) is 0 Å². The molecule has 0 radical (unpaired) electrons. The van der Waals surface area contributed by atoms with Gasteiger partial charge in [0.1, 0.15) is 0 Å². The molecule has 19 heavy (non-hydrogen) atoms. The smallest absolute Gasteiger partial charge is 0.0415 e. The average Bonchev–Trinajstić information content (AvgIpc) is 2.89. The first-order chi connectivity index (χ1) is 9.36. The molecule has 0 bridgehead atoms. The van der Waals surface area contributed by atoms with Crippen LogP contribution in [0.1, 0.15) is 11.1 Å². The molecule has 0 saturated heterocycles. The van der Waals surface area contributed by atoms with Crippen LogP contribution in [0.15, 0.2) is 53.9 Å². The number of terminal acetylenes is 1. The van der Waals surface area contributed by atoms with E-state index in [4.69, 9.17) is 6.42 Å². The Labute approximate surface area is 116 Å². The summed E-state index contributed by atoms with van der Waals surface area (Å²) < 4.78 is 1.33. The van der Waals surface area contributed by atoms with Crippen LogP contribution in [0, 0.1) is 12.3 Å². The lowest BCUT2D eigenvalue weighted by Crippen LogP contribution is -1.98. The Morgan fingerprint density at radius 2 is 2.00 bits per heavy atom. The molecule has 0 aliphatic heterocycles. The number of nitrogens with one attached hydrogen (secondary N) is 1. The van der Waals surface area contributed by atoms with Gasteiger partial charge in [-0.1, -0.05) is 30.2 Å². The number of hydrogen-bond acceptors (Lipinski definition) is 2. The maximum absolute atomic E-state index is 5.41. The van der Waals surface area contributed by atoms with Gasteiger partial charge in [-0.15, -0.1) is 17.8 Å². The molecule has 0 amide bonds. The Morgan fingerprint density at radius 1 is 1.11 bits per heavy atom. The first-order valence-electron chi connectivity index (χ1n) is 6.12. The largest absolute Gasteiger partial charge is 0.381 e. The van der Waals surface area contributed by atoms with Gasteiger partial charge in [-0.3, -0.25) is 0 Å². The van der Waals surface area contributed by atoms with Crippen LogP contribution in [0.25, 0.3) is 10.1 Å². The molecule has 1 N–H and O–H groups in total. The standard InChI is InChI=1S/C17H13NS/c1-2-13-6-5-7-15(10-13)18-11-14-12-19-17-9-4-3-8-16(14)17/h1,3-10,12,18H,11H2. The molecule has 0 unspecified atom stereocenters. The molecule has 1 nitrogen and oxygen atoms in total. The van der Waals surface area contributed by atoms with Gasteiger partial charge in [0.15, 0.2) is 0 Å². The van der Waals surface area contributed by atoms with E-state index in [1.807, 2.05) is 24.3 Å². The van der Waals surface area contributed by atoms with Crippen LogP contribution in [0.2, 0.25) is 0 Å². The summed E-state index contributed by atoms with van der Waals surface area (Å²) in [6, 6.07) is 16.4. The fourth-order valence-corrected chi connectivity index (χ4v) is 3.05. The third-order valence-electron chi connectivity index (χ3n) is 3.07. The highest BCUT2D eigenvalue weighted by Crippen LogP contribution is 2.26. The maximum atomic E-state index is 5.41. The van der Waals surface area contributed by atoms with Gasteiger partial charge < -0.3 is 5.32 Å². The normalized spacial score (nSPS) is 10.3. The van der Waals surface area contributed by atoms with Crippen LogP contribution in [-0.2, 0) is 6.54 Å².